The van der Waals surface area contributed by atoms with Crippen molar-refractivity contribution in [1.29, 1.82) is 0 Å². The van der Waals surface area contributed by atoms with E-state index in [9.17, 15) is 9.59 Å². The second-order valence-corrected chi connectivity index (χ2v) is 9.20. The van der Waals surface area contributed by atoms with Crippen LogP contribution in [0.5, 0.6) is 0 Å². The maximum Gasteiger partial charge on any atom is 0.292 e. The molecule has 0 radical (unpaired) electrons. The highest BCUT2D eigenvalue weighted by Crippen LogP contribution is 2.47. The van der Waals surface area contributed by atoms with E-state index in [1.54, 1.807) is 36.4 Å². The van der Waals surface area contributed by atoms with Gasteiger partial charge in [-0.2, -0.15) is 10.2 Å². The fourth-order valence-corrected chi connectivity index (χ4v) is 4.59. The van der Waals surface area contributed by atoms with Crippen LogP contribution in [0.25, 0.3) is 32.9 Å². The molecule has 2 atom stereocenters. The lowest BCUT2D eigenvalue weighted by atomic mass is 10.1. The van der Waals surface area contributed by atoms with Crippen molar-refractivity contribution in [1.82, 2.24) is 34.5 Å². The number of aromatic nitrogens is 7. The van der Waals surface area contributed by atoms with E-state index in [4.69, 9.17) is 5.73 Å². The van der Waals surface area contributed by atoms with Crippen LogP contribution >= 0.6 is 0 Å². The molecule has 3 N–H and O–H groups in total. The number of amides is 1. The summed E-state index contributed by atoms with van der Waals surface area (Å²) >= 11 is 0. The third kappa shape index (κ3) is 3.65. The molecule has 5 heterocycles. The highest BCUT2D eigenvalue weighted by atomic mass is 16.2. The van der Waals surface area contributed by atoms with Gasteiger partial charge in [-0.15, -0.1) is 0 Å². The average molecular weight is 482 g/mol. The molecule has 0 aromatic carbocycles. The average Bonchev–Trinajstić information content (AvgIpc) is 3.54. The van der Waals surface area contributed by atoms with Gasteiger partial charge < -0.3 is 11.1 Å². The topological polar surface area (TPSA) is 146 Å². The molecule has 0 spiro atoms. The van der Waals surface area contributed by atoms with Crippen LogP contribution in [0, 0.1) is 12.8 Å². The van der Waals surface area contributed by atoms with Crippen molar-refractivity contribution in [2.45, 2.75) is 19.3 Å². The number of hydrogen-bond donors (Lipinski definition) is 2. The Labute approximate surface area is 205 Å². The summed E-state index contributed by atoms with van der Waals surface area (Å²) in [4.78, 5) is 38.6. The lowest BCUT2D eigenvalue weighted by Crippen LogP contribution is -2.20. The number of carbonyl (C=O) groups is 1. The van der Waals surface area contributed by atoms with Gasteiger partial charge in [0.25, 0.3) is 5.56 Å². The molecule has 1 amide bonds. The van der Waals surface area contributed by atoms with Crippen molar-refractivity contribution in [3.8, 4) is 11.3 Å². The van der Waals surface area contributed by atoms with E-state index < -0.39 is 0 Å². The molecule has 36 heavy (non-hydrogen) atoms. The van der Waals surface area contributed by atoms with Gasteiger partial charge in [0, 0.05) is 54.4 Å². The predicted molar refractivity (Wildman–Crippen MR) is 135 cm³/mol. The van der Waals surface area contributed by atoms with Crippen molar-refractivity contribution in [2.24, 2.45) is 20.0 Å². The van der Waals surface area contributed by atoms with Gasteiger partial charge in [0.2, 0.25) is 5.91 Å². The number of nitrogen functional groups attached to an aromatic ring is 1. The first kappa shape index (κ1) is 21.8. The number of aryl methyl sites for hydroxylation is 3. The molecule has 0 saturated heterocycles. The summed E-state index contributed by atoms with van der Waals surface area (Å²) < 4.78 is 3.00. The van der Waals surface area contributed by atoms with E-state index in [-0.39, 0.29) is 23.3 Å². The maximum absolute atomic E-state index is 12.8. The summed E-state index contributed by atoms with van der Waals surface area (Å²) in [5, 5.41) is 13.3. The van der Waals surface area contributed by atoms with E-state index in [1.165, 1.54) is 4.68 Å². The molecule has 1 fully saturated rings. The second-order valence-electron chi connectivity index (χ2n) is 9.20. The van der Waals surface area contributed by atoms with Crippen molar-refractivity contribution < 1.29 is 4.79 Å². The normalized spacial score (nSPS) is 17.0. The van der Waals surface area contributed by atoms with E-state index in [1.807, 2.05) is 32.3 Å². The Balaban J connectivity index is 1.32. The number of hydrogen-bond acceptors (Lipinski definition) is 8. The first-order valence-corrected chi connectivity index (χ1v) is 11.5. The maximum atomic E-state index is 12.8. The Kier molecular flexibility index (Phi) is 4.82. The van der Waals surface area contributed by atoms with Gasteiger partial charge in [-0.05, 0) is 48.4 Å². The summed E-state index contributed by atoms with van der Waals surface area (Å²) in [5.74, 6) is 0.773. The van der Waals surface area contributed by atoms with Gasteiger partial charge in [0.05, 0.1) is 18.1 Å². The quantitative estimate of drug-likeness (QED) is 0.397. The molecular weight excluding hydrogens is 458 g/mol. The van der Waals surface area contributed by atoms with Crippen LogP contribution in [-0.4, -0.2) is 40.4 Å². The zero-order valence-corrected chi connectivity index (χ0v) is 19.9. The Hall–Kier alpha value is -4.67. The lowest BCUT2D eigenvalue weighted by Gasteiger charge is -2.11. The molecule has 0 bridgehead atoms. The fourth-order valence-electron chi connectivity index (χ4n) is 4.59. The lowest BCUT2D eigenvalue weighted by molar-refractivity contribution is -0.117. The Morgan fingerprint density at radius 1 is 1.08 bits per heavy atom. The van der Waals surface area contributed by atoms with Crippen LogP contribution in [0.4, 0.5) is 11.6 Å². The largest absolute Gasteiger partial charge is 0.383 e. The summed E-state index contributed by atoms with van der Waals surface area (Å²) in [5.41, 5.74) is 9.41. The standard InChI is InChI=1S/C25H23N9O2/c1-12-16(4-14-8-29-34(3)25(36)22(14)30-12)20-5-13-6-21(27-10-19(13)23(26)31-20)32-24(35)18-7-17(18)15-9-28-33(2)11-15/h4-6,8-11,17-18H,7H2,1-3H3,(H2,26,31)(H,27,32,35). The monoisotopic (exact) mass is 481 g/mol. The van der Waals surface area contributed by atoms with Crippen molar-refractivity contribution in [3.05, 3.63) is 64.6 Å². The van der Waals surface area contributed by atoms with Crippen LogP contribution in [0.15, 0.2) is 47.8 Å². The number of fused-ring (bicyclic) bond motifs is 2. The molecule has 2 unspecified atom stereocenters. The third-order valence-corrected chi connectivity index (χ3v) is 6.66. The van der Waals surface area contributed by atoms with E-state index >= 15 is 0 Å². The first-order chi connectivity index (χ1) is 17.3. The molecule has 5 aromatic heterocycles. The van der Waals surface area contributed by atoms with E-state index in [2.05, 4.69) is 30.5 Å². The number of nitrogens with zero attached hydrogens (tertiary/aromatic N) is 7. The molecular formula is C25H23N9O2. The van der Waals surface area contributed by atoms with Crippen LogP contribution in [0.3, 0.4) is 0 Å². The molecule has 11 heteroatoms. The minimum Gasteiger partial charge on any atom is -0.383 e. The summed E-state index contributed by atoms with van der Waals surface area (Å²) in [6, 6.07) is 5.51. The Morgan fingerprint density at radius 3 is 2.69 bits per heavy atom. The number of pyridine rings is 3. The van der Waals surface area contributed by atoms with Gasteiger partial charge >= 0.3 is 0 Å². The number of anilines is 2. The zero-order chi connectivity index (χ0) is 25.1. The number of rotatable bonds is 4. The molecule has 1 aliphatic rings. The van der Waals surface area contributed by atoms with Crippen molar-refractivity contribution >= 4 is 39.2 Å². The minimum absolute atomic E-state index is 0.0680. The second kappa shape index (κ2) is 7.94. The van der Waals surface area contributed by atoms with Gasteiger partial charge in [-0.1, -0.05) is 0 Å². The zero-order valence-electron chi connectivity index (χ0n) is 19.9. The van der Waals surface area contributed by atoms with Crippen LogP contribution < -0.4 is 16.6 Å². The number of nitrogens with one attached hydrogen (secondary N) is 1. The molecule has 6 rings (SSSR count). The van der Waals surface area contributed by atoms with E-state index in [0.717, 1.165) is 22.9 Å². The highest BCUT2D eigenvalue weighted by Gasteiger charge is 2.44. The summed E-state index contributed by atoms with van der Waals surface area (Å²) in [7, 11) is 3.45. The smallest absolute Gasteiger partial charge is 0.292 e. The van der Waals surface area contributed by atoms with Crippen LogP contribution in [0.2, 0.25) is 0 Å². The SMILES string of the molecule is Cc1nc2c(=O)n(C)ncc2cc1-c1cc2cc(NC(=O)C3CC3c3cnn(C)c3)ncc2c(N)n1. The molecule has 5 aromatic rings. The van der Waals surface area contributed by atoms with Crippen LogP contribution in [0.1, 0.15) is 23.6 Å². The van der Waals surface area contributed by atoms with E-state index in [0.29, 0.717) is 39.3 Å². The molecule has 0 aliphatic heterocycles. The van der Waals surface area contributed by atoms with Gasteiger partial charge in [-0.25, -0.2) is 19.6 Å². The third-order valence-electron chi connectivity index (χ3n) is 6.66. The van der Waals surface area contributed by atoms with Crippen molar-refractivity contribution in [3.63, 3.8) is 0 Å². The number of carbonyl (C=O) groups excluding carboxylic acids is 1. The molecule has 1 saturated carbocycles. The summed E-state index contributed by atoms with van der Waals surface area (Å²) in [6.45, 7) is 1.82. The van der Waals surface area contributed by atoms with Gasteiger partial charge in [0.1, 0.15) is 17.2 Å². The highest BCUT2D eigenvalue weighted by molar-refractivity contribution is 5.99. The molecule has 11 nitrogen and oxygen atoms in total. The van der Waals surface area contributed by atoms with Gasteiger partial charge in [-0.3, -0.25) is 14.3 Å². The predicted octanol–water partition coefficient (Wildman–Crippen LogP) is 2.31. The molecule has 180 valence electrons. The fraction of sp³-hybridized carbons (Fsp3) is 0.240. The number of nitrogens with two attached hydrogens (primary N) is 1. The van der Waals surface area contributed by atoms with Crippen LogP contribution in [-0.2, 0) is 18.9 Å². The van der Waals surface area contributed by atoms with Gasteiger partial charge in [0.15, 0.2) is 0 Å². The summed E-state index contributed by atoms with van der Waals surface area (Å²) in [6.07, 6.45) is 7.76. The minimum atomic E-state index is -0.263. The Morgan fingerprint density at radius 2 is 1.92 bits per heavy atom. The van der Waals surface area contributed by atoms with Crippen molar-refractivity contribution in [2.75, 3.05) is 11.1 Å². The molecule has 1 aliphatic carbocycles. The Bertz CT molecular complexity index is 1750. The first-order valence-electron chi connectivity index (χ1n) is 11.5.